The molecule has 7 heteroatoms. The van der Waals surface area contributed by atoms with E-state index in [2.05, 4.69) is 10.9 Å². The minimum absolute atomic E-state index is 0.0380. The maximum absolute atomic E-state index is 13.4. The lowest BCUT2D eigenvalue weighted by Crippen LogP contribution is -2.51. The molecule has 3 aromatic rings. The normalized spacial score (nSPS) is 19.2. The first kappa shape index (κ1) is 18.5. The Morgan fingerprint density at radius 1 is 1.14 bits per heavy atom. The predicted octanol–water partition coefficient (Wildman–Crippen LogP) is 3.11. The van der Waals surface area contributed by atoms with Gasteiger partial charge in [0.15, 0.2) is 5.11 Å². The third-order valence-electron chi connectivity index (χ3n) is 5.30. The minimum Gasteiger partial charge on any atom is -0.507 e. The highest BCUT2D eigenvalue weighted by Gasteiger charge is 2.46. The first-order chi connectivity index (χ1) is 13.4. The van der Waals surface area contributed by atoms with Crippen molar-refractivity contribution in [3.63, 3.8) is 0 Å². The van der Waals surface area contributed by atoms with Crippen LogP contribution < -0.4 is 21.3 Å². The fourth-order valence-corrected chi connectivity index (χ4v) is 4.21. The second-order valence-corrected chi connectivity index (χ2v) is 7.48. The Morgan fingerprint density at radius 3 is 2.50 bits per heavy atom. The highest BCUT2D eigenvalue weighted by molar-refractivity contribution is 7.80. The largest absolute Gasteiger partial charge is 0.507 e. The number of aryl methyl sites for hydroxylation is 2. The summed E-state index contributed by atoms with van der Waals surface area (Å²) in [4.78, 5) is 15.3. The lowest BCUT2D eigenvalue weighted by Gasteiger charge is -2.35. The molecule has 2 aromatic carbocycles. The van der Waals surface area contributed by atoms with Gasteiger partial charge in [-0.05, 0) is 57.3 Å². The van der Waals surface area contributed by atoms with Crippen LogP contribution in [0, 0.1) is 6.92 Å². The number of aromatic nitrogens is 1. The second-order valence-electron chi connectivity index (χ2n) is 7.09. The zero-order chi connectivity index (χ0) is 20.1. The number of pyridine rings is 1. The summed E-state index contributed by atoms with van der Waals surface area (Å²) in [5, 5.41) is 12.2. The number of nitrogens with zero attached hydrogens (tertiary/aromatic N) is 2. The molecule has 0 saturated carbocycles. The van der Waals surface area contributed by atoms with Gasteiger partial charge in [-0.1, -0.05) is 29.8 Å². The van der Waals surface area contributed by atoms with Crippen LogP contribution in [0.2, 0.25) is 0 Å². The van der Waals surface area contributed by atoms with Gasteiger partial charge in [0.1, 0.15) is 17.0 Å². The molecule has 3 N–H and O–H groups in total. The van der Waals surface area contributed by atoms with Gasteiger partial charge in [-0.25, -0.2) is 5.43 Å². The molecule has 1 saturated heterocycles. The fourth-order valence-electron chi connectivity index (χ4n) is 3.88. The maximum atomic E-state index is 13.4. The van der Waals surface area contributed by atoms with E-state index in [0.717, 1.165) is 11.3 Å². The van der Waals surface area contributed by atoms with Crippen LogP contribution in [0.4, 0.5) is 5.69 Å². The molecule has 1 aliphatic rings. The quantitative estimate of drug-likeness (QED) is 0.593. The van der Waals surface area contributed by atoms with Crippen molar-refractivity contribution in [2.75, 3.05) is 4.90 Å². The molecular weight excluding hydrogens is 372 g/mol. The predicted molar refractivity (Wildman–Crippen MR) is 115 cm³/mol. The van der Waals surface area contributed by atoms with Gasteiger partial charge in [-0.2, -0.15) is 0 Å². The summed E-state index contributed by atoms with van der Waals surface area (Å²) >= 11 is 5.51. The number of hydrazine groups is 1. The van der Waals surface area contributed by atoms with Crippen LogP contribution in [0.25, 0.3) is 10.9 Å². The van der Waals surface area contributed by atoms with E-state index in [1.807, 2.05) is 74.2 Å². The Morgan fingerprint density at radius 2 is 1.82 bits per heavy atom. The second kappa shape index (κ2) is 6.61. The number of anilines is 1. The molecule has 2 heterocycles. The lowest BCUT2D eigenvalue weighted by atomic mass is 9.97. The van der Waals surface area contributed by atoms with Gasteiger partial charge >= 0.3 is 0 Å². The van der Waals surface area contributed by atoms with Crippen LogP contribution >= 0.6 is 12.2 Å². The summed E-state index contributed by atoms with van der Waals surface area (Å²) in [6.45, 7) is 6.26. The molecule has 1 atom stereocenters. The summed E-state index contributed by atoms with van der Waals surface area (Å²) in [5.41, 5.74) is 7.67. The maximum Gasteiger partial charge on any atom is 0.261 e. The van der Waals surface area contributed by atoms with Crippen LogP contribution in [0.3, 0.4) is 0 Å². The van der Waals surface area contributed by atoms with Crippen molar-refractivity contribution in [2.24, 2.45) is 0 Å². The van der Waals surface area contributed by atoms with E-state index in [9.17, 15) is 9.90 Å². The fraction of sp³-hybridized carbons (Fsp3) is 0.238. The highest BCUT2D eigenvalue weighted by atomic mass is 32.1. The molecule has 1 fully saturated rings. The summed E-state index contributed by atoms with van der Waals surface area (Å²) in [7, 11) is 0. The highest BCUT2D eigenvalue weighted by Crippen LogP contribution is 2.38. The molecular formula is C21H22N4O2S. The van der Waals surface area contributed by atoms with Crippen molar-refractivity contribution in [1.82, 2.24) is 15.4 Å². The van der Waals surface area contributed by atoms with Gasteiger partial charge in [0.25, 0.3) is 5.56 Å². The average molecular weight is 395 g/mol. The first-order valence-corrected chi connectivity index (χ1v) is 9.58. The number of aromatic hydroxyl groups is 1. The summed E-state index contributed by atoms with van der Waals surface area (Å²) in [6, 6.07) is 15.2. The molecule has 144 valence electrons. The SMILES string of the molecule is CCn1c(=O)c([C@@]2(C)NNC(=S)N2c2ccc(C)cc2)c(O)c2ccccc21. The van der Waals surface area contributed by atoms with Gasteiger partial charge in [-0.3, -0.25) is 15.1 Å². The third kappa shape index (κ3) is 2.58. The molecule has 0 unspecified atom stereocenters. The van der Waals surface area contributed by atoms with Gasteiger partial charge in [0.2, 0.25) is 0 Å². The van der Waals surface area contributed by atoms with Crippen molar-refractivity contribution in [1.29, 1.82) is 0 Å². The molecule has 0 radical (unpaired) electrons. The monoisotopic (exact) mass is 394 g/mol. The molecule has 1 aliphatic heterocycles. The molecule has 1 aromatic heterocycles. The minimum atomic E-state index is -1.06. The van der Waals surface area contributed by atoms with Crippen molar-refractivity contribution >= 4 is 33.9 Å². The zero-order valence-electron chi connectivity index (χ0n) is 16.0. The van der Waals surface area contributed by atoms with Crippen LogP contribution in [-0.2, 0) is 12.2 Å². The number of benzene rings is 2. The Balaban J connectivity index is 2.01. The summed E-state index contributed by atoms with van der Waals surface area (Å²) < 4.78 is 1.67. The van der Waals surface area contributed by atoms with Crippen LogP contribution in [0.1, 0.15) is 25.0 Å². The Kier molecular flexibility index (Phi) is 4.36. The van der Waals surface area contributed by atoms with E-state index in [4.69, 9.17) is 12.2 Å². The molecule has 0 amide bonds. The Bertz CT molecular complexity index is 1140. The first-order valence-electron chi connectivity index (χ1n) is 9.17. The van der Waals surface area contributed by atoms with Gasteiger partial charge in [0.05, 0.1) is 5.52 Å². The summed E-state index contributed by atoms with van der Waals surface area (Å²) in [6.07, 6.45) is 0. The topological polar surface area (TPSA) is 69.5 Å². The Hall–Kier alpha value is -2.90. The zero-order valence-corrected chi connectivity index (χ0v) is 16.8. The van der Waals surface area contributed by atoms with Crippen molar-refractivity contribution in [3.8, 4) is 5.75 Å². The van der Waals surface area contributed by atoms with E-state index >= 15 is 0 Å². The molecule has 0 bridgehead atoms. The number of rotatable bonds is 3. The van der Waals surface area contributed by atoms with Crippen molar-refractivity contribution in [3.05, 3.63) is 70.0 Å². The van der Waals surface area contributed by atoms with Crippen molar-refractivity contribution in [2.45, 2.75) is 33.0 Å². The van der Waals surface area contributed by atoms with Crippen LogP contribution in [0.5, 0.6) is 5.75 Å². The van der Waals surface area contributed by atoms with E-state index in [1.54, 1.807) is 4.57 Å². The van der Waals surface area contributed by atoms with Crippen LogP contribution in [-0.4, -0.2) is 14.8 Å². The molecule has 0 aliphatic carbocycles. The third-order valence-corrected chi connectivity index (χ3v) is 5.59. The van der Waals surface area contributed by atoms with E-state index in [-0.39, 0.29) is 16.9 Å². The molecule has 6 nitrogen and oxygen atoms in total. The smallest absolute Gasteiger partial charge is 0.261 e. The number of fused-ring (bicyclic) bond motifs is 1. The van der Waals surface area contributed by atoms with E-state index in [1.165, 1.54) is 0 Å². The van der Waals surface area contributed by atoms with Gasteiger partial charge < -0.3 is 9.67 Å². The number of thiocarbonyl (C=S) groups is 1. The number of hydrogen-bond acceptors (Lipinski definition) is 4. The van der Waals surface area contributed by atoms with E-state index < -0.39 is 5.66 Å². The number of hydrogen-bond donors (Lipinski definition) is 3. The van der Waals surface area contributed by atoms with Gasteiger partial charge in [-0.15, -0.1) is 0 Å². The van der Waals surface area contributed by atoms with Crippen LogP contribution in [0.15, 0.2) is 53.3 Å². The average Bonchev–Trinajstić information content (AvgIpc) is 2.98. The molecule has 28 heavy (non-hydrogen) atoms. The standard InChI is InChI=1S/C21H22N4O2S/c1-4-24-16-8-6-5-7-15(16)18(26)17(19(24)27)21(3)23-22-20(28)25(21)14-11-9-13(2)10-12-14/h5-12,23,26H,4H2,1-3H3,(H,22,28)/t21-/m0/s1. The van der Waals surface area contributed by atoms with Crippen molar-refractivity contribution < 1.29 is 5.11 Å². The number of para-hydroxylation sites is 1. The molecule has 0 spiro atoms. The lowest BCUT2D eigenvalue weighted by molar-refractivity contribution is 0.373. The summed E-state index contributed by atoms with van der Waals surface area (Å²) in [5.74, 6) is -0.0380. The van der Waals surface area contributed by atoms with E-state index in [0.29, 0.717) is 22.6 Å². The Labute approximate surface area is 168 Å². The molecule has 4 rings (SSSR count). The van der Waals surface area contributed by atoms with Gasteiger partial charge in [0, 0.05) is 17.6 Å². The number of nitrogens with one attached hydrogen (secondary N) is 2.